The summed E-state index contributed by atoms with van der Waals surface area (Å²) in [6, 6.07) is 8.00. The molecule has 5 rings (SSSR count). The van der Waals surface area contributed by atoms with E-state index in [2.05, 4.69) is 6.58 Å². The molecule has 12 heteroatoms. The van der Waals surface area contributed by atoms with Crippen LogP contribution in [0.4, 0.5) is 4.79 Å². The molecule has 3 fully saturated rings. The molecule has 1 aromatic rings. The summed E-state index contributed by atoms with van der Waals surface area (Å²) in [6.07, 6.45) is -5.82. The SMILES string of the molecule is C=CCOC(=O)OC1=C2C(C)[C@@H](O)C[C@@](O)([C@@H](OC(=O)c3ccccc3)C3[C@](C)(C1=O)[C@@H](O)C[C@H]1OC[C@@]31OC(C)=O)C2(C)C. The van der Waals surface area contributed by atoms with Crippen LogP contribution in [-0.2, 0) is 33.3 Å². The highest BCUT2D eigenvalue weighted by Crippen LogP contribution is 2.64. The molecule has 4 aliphatic rings. The quantitative estimate of drug-likeness (QED) is 0.239. The number of hydrogen-bond donors (Lipinski definition) is 3. The van der Waals surface area contributed by atoms with Crippen LogP contribution in [0.1, 0.15) is 57.8 Å². The van der Waals surface area contributed by atoms with E-state index < -0.39 is 87.9 Å². The normalized spacial score (nSPS) is 38.3. The number of rotatable bonds is 6. The first-order chi connectivity index (χ1) is 21.1. The van der Waals surface area contributed by atoms with Crippen LogP contribution in [-0.4, -0.2) is 88.0 Å². The number of fused-ring (bicyclic) bond motifs is 5. The maximum absolute atomic E-state index is 15.0. The molecule has 0 spiro atoms. The summed E-state index contributed by atoms with van der Waals surface area (Å²) in [7, 11) is 0. The summed E-state index contributed by atoms with van der Waals surface area (Å²) < 4.78 is 28.6. The lowest BCUT2D eigenvalue weighted by atomic mass is 9.45. The second-order valence-electron chi connectivity index (χ2n) is 13.2. The Balaban J connectivity index is 1.83. The lowest BCUT2D eigenvalue weighted by Crippen LogP contribution is -2.81. The van der Waals surface area contributed by atoms with Crippen LogP contribution >= 0.6 is 0 Å². The van der Waals surface area contributed by atoms with Gasteiger partial charge in [-0.3, -0.25) is 9.59 Å². The van der Waals surface area contributed by atoms with Crippen LogP contribution in [0.3, 0.4) is 0 Å². The Morgan fingerprint density at radius 2 is 1.80 bits per heavy atom. The van der Waals surface area contributed by atoms with Gasteiger partial charge in [-0.05, 0) is 24.6 Å². The van der Waals surface area contributed by atoms with Crippen molar-refractivity contribution in [3.05, 3.63) is 59.9 Å². The van der Waals surface area contributed by atoms with Crippen molar-refractivity contribution in [2.24, 2.45) is 22.7 Å². The van der Waals surface area contributed by atoms with E-state index in [9.17, 15) is 34.5 Å². The van der Waals surface area contributed by atoms with E-state index in [0.29, 0.717) is 0 Å². The molecule has 9 atom stereocenters. The van der Waals surface area contributed by atoms with Crippen molar-refractivity contribution in [3.63, 3.8) is 0 Å². The Labute approximate surface area is 260 Å². The van der Waals surface area contributed by atoms with Crippen molar-refractivity contribution < 1.29 is 58.2 Å². The van der Waals surface area contributed by atoms with Gasteiger partial charge in [0.15, 0.2) is 11.4 Å². The zero-order chi connectivity index (χ0) is 33.1. The van der Waals surface area contributed by atoms with Crippen molar-refractivity contribution >= 4 is 23.9 Å². The molecule has 1 aromatic carbocycles. The average molecular weight is 629 g/mol. The van der Waals surface area contributed by atoms with Crippen molar-refractivity contribution in [3.8, 4) is 0 Å². The molecule has 0 amide bonds. The molecular formula is C33H40O12. The summed E-state index contributed by atoms with van der Waals surface area (Å²) in [5.74, 6) is -5.24. The standard InChI is InChI=1S/C33H40O12/c1-7-13-41-29(39)43-24-23-17(2)20(35)15-33(40,30(23,4)5)27(44-28(38)19-11-9-8-10-12-19)25-31(6,26(24)37)21(36)14-22-32(25,16-42-22)45-18(3)34/h7-12,17,20-22,25,27,35-36,40H,1,13-16H2,2-6H3/t17?,20-,21-,22+,25?,27-,31+,32-,33+/m0/s1. The fraction of sp³-hybridized carbons (Fsp3) is 0.576. The Hall–Kier alpha value is -3.58. The summed E-state index contributed by atoms with van der Waals surface area (Å²) in [6.45, 7) is 10.4. The van der Waals surface area contributed by atoms with Gasteiger partial charge in [0.05, 0.1) is 35.7 Å². The molecule has 45 heavy (non-hydrogen) atoms. The summed E-state index contributed by atoms with van der Waals surface area (Å²) in [5, 5.41) is 36.1. The van der Waals surface area contributed by atoms with Gasteiger partial charge in [0.1, 0.15) is 24.4 Å². The predicted octanol–water partition coefficient (Wildman–Crippen LogP) is 2.63. The minimum absolute atomic E-state index is 0.0745. The lowest BCUT2D eigenvalue weighted by Gasteiger charge is -2.67. The molecule has 2 unspecified atom stereocenters. The number of aliphatic hydroxyl groups excluding tert-OH is 2. The maximum Gasteiger partial charge on any atom is 0.514 e. The van der Waals surface area contributed by atoms with Crippen LogP contribution in [0.25, 0.3) is 0 Å². The molecule has 2 bridgehead atoms. The molecule has 2 saturated carbocycles. The molecule has 3 N–H and O–H groups in total. The number of carbonyl (C=O) groups excluding carboxylic acids is 4. The van der Waals surface area contributed by atoms with E-state index in [1.54, 1.807) is 39.0 Å². The number of hydrogen-bond acceptors (Lipinski definition) is 12. The number of ether oxygens (including phenoxy) is 5. The lowest BCUT2D eigenvalue weighted by molar-refractivity contribution is -0.345. The van der Waals surface area contributed by atoms with E-state index >= 15 is 0 Å². The van der Waals surface area contributed by atoms with Gasteiger partial charge < -0.3 is 39.0 Å². The zero-order valence-electron chi connectivity index (χ0n) is 26.0. The smallest absolute Gasteiger partial charge is 0.455 e. The van der Waals surface area contributed by atoms with E-state index in [-0.39, 0.29) is 37.2 Å². The number of carbonyl (C=O) groups is 4. The van der Waals surface area contributed by atoms with Gasteiger partial charge in [-0.15, -0.1) is 0 Å². The molecular weight excluding hydrogens is 588 g/mol. The molecule has 3 aliphatic carbocycles. The second kappa shape index (κ2) is 11.3. The molecule has 244 valence electrons. The Morgan fingerprint density at radius 1 is 1.13 bits per heavy atom. The summed E-state index contributed by atoms with van der Waals surface area (Å²) in [4.78, 5) is 54.2. The molecule has 12 nitrogen and oxygen atoms in total. The number of allylic oxidation sites excluding steroid dienone is 1. The third-order valence-electron chi connectivity index (χ3n) is 10.5. The number of esters is 2. The van der Waals surface area contributed by atoms with Gasteiger partial charge in [0, 0.05) is 31.1 Å². The van der Waals surface area contributed by atoms with Gasteiger partial charge in [-0.25, -0.2) is 9.59 Å². The van der Waals surface area contributed by atoms with Crippen molar-refractivity contribution in [1.29, 1.82) is 0 Å². The monoisotopic (exact) mass is 628 g/mol. The number of Topliss-reactive ketones (excluding diaryl/α,β-unsaturated/α-hetero) is 1. The summed E-state index contributed by atoms with van der Waals surface area (Å²) in [5.41, 5.74) is -7.10. The highest BCUT2D eigenvalue weighted by molar-refractivity contribution is 6.02. The van der Waals surface area contributed by atoms with Gasteiger partial charge in [-0.2, -0.15) is 0 Å². The molecule has 1 aliphatic heterocycles. The first kappa shape index (κ1) is 32.8. The van der Waals surface area contributed by atoms with Crippen LogP contribution in [0.5, 0.6) is 0 Å². The van der Waals surface area contributed by atoms with Crippen LogP contribution in [0.15, 0.2) is 54.3 Å². The van der Waals surface area contributed by atoms with Crippen LogP contribution in [0, 0.1) is 22.7 Å². The fourth-order valence-electron chi connectivity index (χ4n) is 7.99. The third-order valence-corrected chi connectivity index (χ3v) is 10.5. The molecule has 0 aromatic heterocycles. The molecule has 1 heterocycles. The number of ketones is 1. The van der Waals surface area contributed by atoms with Crippen molar-refractivity contribution in [2.75, 3.05) is 13.2 Å². The van der Waals surface area contributed by atoms with Crippen LogP contribution in [0.2, 0.25) is 0 Å². The minimum Gasteiger partial charge on any atom is -0.455 e. The second-order valence-corrected chi connectivity index (χ2v) is 13.2. The predicted molar refractivity (Wildman–Crippen MR) is 155 cm³/mol. The highest BCUT2D eigenvalue weighted by Gasteiger charge is 2.77. The van der Waals surface area contributed by atoms with E-state index in [1.165, 1.54) is 32.1 Å². The number of benzene rings is 1. The van der Waals surface area contributed by atoms with E-state index in [1.807, 2.05) is 0 Å². The Kier molecular flexibility index (Phi) is 8.27. The molecule has 1 saturated heterocycles. The van der Waals surface area contributed by atoms with Crippen molar-refractivity contribution in [1.82, 2.24) is 0 Å². The highest BCUT2D eigenvalue weighted by atomic mass is 16.7. The Bertz CT molecular complexity index is 1430. The van der Waals surface area contributed by atoms with Gasteiger partial charge in [0.25, 0.3) is 0 Å². The van der Waals surface area contributed by atoms with Gasteiger partial charge in [0.2, 0.25) is 5.78 Å². The largest absolute Gasteiger partial charge is 0.514 e. The topological polar surface area (TPSA) is 175 Å². The first-order valence-corrected chi connectivity index (χ1v) is 15.0. The summed E-state index contributed by atoms with van der Waals surface area (Å²) >= 11 is 0. The minimum atomic E-state index is -2.17. The first-order valence-electron chi connectivity index (χ1n) is 15.0. The van der Waals surface area contributed by atoms with E-state index in [4.69, 9.17) is 23.7 Å². The maximum atomic E-state index is 15.0. The van der Waals surface area contributed by atoms with Crippen molar-refractivity contribution in [2.45, 2.75) is 83.1 Å². The van der Waals surface area contributed by atoms with E-state index in [0.717, 1.165) is 0 Å². The third kappa shape index (κ3) is 4.81. The van der Waals surface area contributed by atoms with Crippen LogP contribution < -0.4 is 0 Å². The van der Waals surface area contributed by atoms with Gasteiger partial charge in [-0.1, -0.05) is 51.6 Å². The van der Waals surface area contributed by atoms with Gasteiger partial charge >= 0.3 is 18.1 Å². The molecule has 0 radical (unpaired) electrons. The number of aliphatic hydroxyl groups is 3. The fourth-order valence-corrected chi connectivity index (χ4v) is 7.99. The Morgan fingerprint density at radius 3 is 2.38 bits per heavy atom. The zero-order valence-corrected chi connectivity index (χ0v) is 26.0. The average Bonchev–Trinajstić information content (AvgIpc) is 2.98.